The van der Waals surface area contributed by atoms with Gasteiger partial charge in [0.2, 0.25) is 10.0 Å². The molecule has 0 aliphatic rings. The number of hydrogen-bond donors (Lipinski definition) is 1. The van der Waals surface area contributed by atoms with E-state index in [2.05, 4.69) is 20.7 Å². The van der Waals surface area contributed by atoms with Gasteiger partial charge in [0.15, 0.2) is 0 Å². The van der Waals surface area contributed by atoms with Crippen molar-refractivity contribution in [3.63, 3.8) is 0 Å². The topological polar surface area (TPSA) is 72.5 Å². The van der Waals surface area contributed by atoms with Crippen LogP contribution in [0.3, 0.4) is 0 Å². The summed E-state index contributed by atoms with van der Waals surface area (Å²) in [5.74, 6) is -0.611. The average Bonchev–Trinajstić information content (AvgIpc) is 2.29. The molecule has 0 aromatic heterocycles. The number of carbonyl (C=O) groups is 1. The van der Waals surface area contributed by atoms with Crippen molar-refractivity contribution in [3.05, 3.63) is 28.2 Å². The molecule has 0 aliphatic heterocycles. The number of rotatable bonds is 4. The van der Waals surface area contributed by atoms with E-state index >= 15 is 0 Å². The fourth-order valence-electron chi connectivity index (χ4n) is 1.52. The number of nitrogens with one attached hydrogen (secondary N) is 1. The zero-order valence-corrected chi connectivity index (χ0v) is 15.1. The first-order valence-corrected chi connectivity index (χ1v) is 8.71. The predicted molar refractivity (Wildman–Crippen MR) is 84.5 cm³/mol. The van der Waals surface area contributed by atoms with Crippen LogP contribution in [0.4, 0.5) is 0 Å². The Bertz CT molecular complexity index is 635. The third kappa shape index (κ3) is 5.41. The monoisotopic (exact) mass is 377 g/mol. The Morgan fingerprint density at radius 3 is 2.38 bits per heavy atom. The van der Waals surface area contributed by atoms with Crippen LogP contribution in [0, 0.1) is 6.92 Å². The number of sulfonamides is 1. The van der Waals surface area contributed by atoms with E-state index in [1.165, 1.54) is 19.1 Å². The fourth-order valence-corrected chi connectivity index (χ4v) is 3.05. The lowest BCUT2D eigenvalue weighted by Gasteiger charge is -2.22. The maximum Gasteiger partial charge on any atom is 0.324 e. The van der Waals surface area contributed by atoms with E-state index in [4.69, 9.17) is 4.74 Å². The lowest BCUT2D eigenvalue weighted by atomic mass is 10.2. The molecule has 0 saturated carbocycles. The summed E-state index contributed by atoms with van der Waals surface area (Å²) in [5, 5.41) is 0. The summed E-state index contributed by atoms with van der Waals surface area (Å²) in [4.78, 5) is 11.9. The molecule has 7 heteroatoms. The number of ether oxygens (including phenoxy) is 1. The van der Waals surface area contributed by atoms with Crippen molar-refractivity contribution >= 4 is 31.9 Å². The van der Waals surface area contributed by atoms with Crippen LogP contribution in [0.1, 0.15) is 33.3 Å². The highest BCUT2D eigenvalue weighted by Gasteiger charge is 2.26. The van der Waals surface area contributed by atoms with Gasteiger partial charge in [-0.15, -0.1) is 0 Å². The Balaban J connectivity index is 2.89. The maximum atomic E-state index is 12.2. The highest BCUT2D eigenvalue weighted by molar-refractivity contribution is 9.10. The van der Waals surface area contributed by atoms with Gasteiger partial charge in [-0.2, -0.15) is 4.72 Å². The summed E-state index contributed by atoms with van der Waals surface area (Å²) in [6, 6.07) is 3.70. The molecule has 0 heterocycles. The Morgan fingerprint density at radius 1 is 1.33 bits per heavy atom. The van der Waals surface area contributed by atoms with Crippen molar-refractivity contribution < 1.29 is 17.9 Å². The van der Waals surface area contributed by atoms with Crippen LogP contribution in [0.15, 0.2) is 27.6 Å². The molecule has 0 aliphatic carbocycles. The SMILES string of the molecule is Cc1cc(S(=O)(=O)N[C@@H](C)C(=O)OC(C)(C)C)ccc1Br. The second-order valence-corrected chi connectivity index (χ2v) is 8.36. The quantitative estimate of drug-likeness (QED) is 0.818. The maximum absolute atomic E-state index is 12.2. The summed E-state index contributed by atoms with van der Waals surface area (Å²) in [7, 11) is -3.77. The summed E-state index contributed by atoms with van der Waals surface area (Å²) < 4.78 is 32.8. The Labute approximate surface area is 134 Å². The van der Waals surface area contributed by atoms with Crippen LogP contribution in [0.25, 0.3) is 0 Å². The molecule has 0 bridgehead atoms. The molecule has 0 amide bonds. The molecule has 5 nitrogen and oxygen atoms in total. The number of carbonyl (C=O) groups excluding carboxylic acids is 1. The van der Waals surface area contributed by atoms with Gasteiger partial charge in [-0.05, 0) is 58.4 Å². The van der Waals surface area contributed by atoms with Crippen molar-refractivity contribution in [3.8, 4) is 0 Å². The van der Waals surface area contributed by atoms with Crippen LogP contribution in [0.5, 0.6) is 0 Å². The Morgan fingerprint density at radius 2 is 1.90 bits per heavy atom. The lowest BCUT2D eigenvalue weighted by Crippen LogP contribution is -2.42. The first kappa shape index (κ1) is 18.1. The summed E-state index contributed by atoms with van der Waals surface area (Å²) in [6.45, 7) is 8.43. The minimum absolute atomic E-state index is 0.110. The minimum Gasteiger partial charge on any atom is -0.459 e. The zero-order chi connectivity index (χ0) is 16.4. The number of aryl methyl sites for hydroxylation is 1. The molecule has 1 N–H and O–H groups in total. The fraction of sp³-hybridized carbons (Fsp3) is 0.500. The first-order valence-electron chi connectivity index (χ1n) is 6.44. The van der Waals surface area contributed by atoms with Crippen LogP contribution >= 0.6 is 15.9 Å². The summed E-state index contributed by atoms with van der Waals surface area (Å²) in [5.41, 5.74) is 0.133. The van der Waals surface area contributed by atoms with Gasteiger partial charge in [-0.1, -0.05) is 15.9 Å². The molecule has 1 aromatic carbocycles. The highest BCUT2D eigenvalue weighted by Crippen LogP contribution is 2.20. The molecule has 0 spiro atoms. The van der Waals surface area contributed by atoms with Crippen LogP contribution in [-0.2, 0) is 19.6 Å². The standard InChI is InChI=1S/C14H20BrNO4S/c1-9-8-11(6-7-12(9)15)21(18,19)16-10(2)13(17)20-14(3,4)5/h6-8,10,16H,1-5H3/t10-/m0/s1. The lowest BCUT2D eigenvalue weighted by molar-refractivity contribution is -0.156. The molecule has 118 valence electrons. The molecule has 0 unspecified atom stereocenters. The predicted octanol–water partition coefficient (Wildman–Crippen LogP) is 2.77. The van der Waals surface area contributed by atoms with Gasteiger partial charge >= 0.3 is 5.97 Å². The van der Waals surface area contributed by atoms with Crippen molar-refractivity contribution in [1.82, 2.24) is 4.72 Å². The van der Waals surface area contributed by atoms with E-state index in [0.29, 0.717) is 0 Å². The van der Waals surface area contributed by atoms with E-state index in [-0.39, 0.29) is 4.90 Å². The number of halogens is 1. The Hall–Kier alpha value is -0.920. The van der Waals surface area contributed by atoms with Gasteiger partial charge < -0.3 is 4.74 Å². The van der Waals surface area contributed by atoms with Crippen molar-refractivity contribution in [2.45, 2.75) is 51.2 Å². The van der Waals surface area contributed by atoms with Crippen LogP contribution in [-0.4, -0.2) is 26.0 Å². The molecule has 0 saturated heterocycles. The second kappa shape index (κ2) is 6.46. The minimum atomic E-state index is -3.77. The van der Waals surface area contributed by atoms with Crippen LogP contribution in [0.2, 0.25) is 0 Å². The smallest absolute Gasteiger partial charge is 0.324 e. The normalized spacial score (nSPS) is 13.8. The zero-order valence-electron chi connectivity index (χ0n) is 12.7. The van der Waals surface area contributed by atoms with Gasteiger partial charge in [0.05, 0.1) is 4.90 Å². The first-order chi connectivity index (χ1) is 9.42. The van der Waals surface area contributed by atoms with E-state index in [0.717, 1.165) is 10.0 Å². The number of hydrogen-bond acceptors (Lipinski definition) is 4. The molecular weight excluding hydrogens is 358 g/mol. The second-order valence-electron chi connectivity index (χ2n) is 5.79. The molecule has 1 aromatic rings. The molecule has 21 heavy (non-hydrogen) atoms. The molecule has 0 radical (unpaired) electrons. The number of benzene rings is 1. The summed E-state index contributed by atoms with van der Waals surface area (Å²) in [6.07, 6.45) is 0. The third-order valence-corrected chi connectivity index (χ3v) is 4.96. The van der Waals surface area contributed by atoms with Gasteiger partial charge in [0, 0.05) is 4.47 Å². The van der Waals surface area contributed by atoms with Crippen molar-refractivity contribution in [2.24, 2.45) is 0 Å². The molecular formula is C14H20BrNO4S. The third-order valence-electron chi connectivity index (χ3n) is 2.53. The van der Waals surface area contributed by atoms with Crippen molar-refractivity contribution in [1.29, 1.82) is 0 Å². The molecule has 1 rings (SSSR count). The Kier molecular flexibility index (Phi) is 5.57. The summed E-state index contributed by atoms with van der Waals surface area (Å²) >= 11 is 3.31. The van der Waals surface area contributed by atoms with E-state index < -0.39 is 27.6 Å². The van der Waals surface area contributed by atoms with Gasteiger partial charge in [0.25, 0.3) is 0 Å². The number of esters is 1. The van der Waals surface area contributed by atoms with Crippen molar-refractivity contribution in [2.75, 3.05) is 0 Å². The van der Waals surface area contributed by atoms with E-state index in [1.54, 1.807) is 33.8 Å². The van der Waals surface area contributed by atoms with E-state index in [9.17, 15) is 13.2 Å². The van der Waals surface area contributed by atoms with Gasteiger partial charge in [-0.3, -0.25) is 4.79 Å². The van der Waals surface area contributed by atoms with E-state index in [1.807, 2.05) is 0 Å². The largest absolute Gasteiger partial charge is 0.459 e. The average molecular weight is 378 g/mol. The highest BCUT2D eigenvalue weighted by atomic mass is 79.9. The van der Waals surface area contributed by atoms with Gasteiger partial charge in [-0.25, -0.2) is 8.42 Å². The molecule has 1 atom stereocenters. The molecule has 0 fully saturated rings. The van der Waals surface area contributed by atoms with Gasteiger partial charge in [0.1, 0.15) is 11.6 Å². The van der Waals surface area contributed by atoms with Crippen LogP contribution < -0.4 is 4.72 Å².